The number of rotatable bonds is 7. The minimum absolute atomic E-state index is 0.0975. The third kappa shape index (κ3) is 4.29. The maximum Gasteiger partial charge on any atom is 0.308 e. The monoisotopic (exact) mass is 341 g/mol. The molecule has 1 amide bonds. The Morgan fingerprint density at radius 1 is 1.12 bits per heavy atom. The molecule has 0 unspecified atom stereocenters. The van der Waals surface area contributed by atoms with Gasteiger partial charge in [-0.25, -0.2) is 0 Å². The van der Waals surface area contributed by atoms with Crippen molar-refractivity contribution < 1.29 is 19.4 Å². The molecule has 1 fully saturated rings. The molecule has 0 aliphatic heterocycles. The summed E-state index contributed by atoms with van der Waals surface area (Å²) in [7, 11) is 0. The topological polar surface area (TPSA) is 75.6 Å². The molecule has 2 N–H and O–H groups in total. The fraction of sp³-hybridized carbons (Fsp3) is 0.400. The standard InChI is InChI=1S/C20H23NO4/c22-19(21-17-10-4-9-16(17)20(23)24)12-5-13-25-18-11-3-7-14-6-1-2-8-15(14)18/h1-3,6-8,11,16-17H,4-5,9-10,12-13H2,(H,21,22)(H,23,24)/t16-,17+/m1/s1. The van der Waals surface area contributed by atoms with Crippen molar-refractivity contribution in [1.29, 1.82) is 0 Å². The van der Waals surface area contributed by atoms with E-state index in [9.17, 15) is 9.59 Å². The molecule has 2 aromatic rings. The molecule has 5 nitrogen and oxygen atoms in total. The number of carbonyl (C=O) groups excluding carboxylic acids is 1. The molecule has 1 saturated carbocycles. The van der Waals surface area contributed by atoms with Crippen LogP contribution < -0.4 is 10.1 Å². The number of fused-ring (bicyclic) bond motifs is 1. The largest absolute Gasteiger partial charge is 0.493 e. The van der Waals surface area contributed by atoms with Crippen molar-refractivity contribution in [3.8, 4) is 5.75 Å². The smallest absolute Gasteiger partial charge is 0.308 e. The van der Waals surface area contributed by atoms with E-state index >= 15 is 0 Å². The molecule has 0 bridgehead atoms. The zero-order valence-corrected chi connectivity index (χ0v) is 14.1. The average Bonchev–Trinajstić information content (AvgIpc) is 3.07. The van der Waals surface area contributed by atoms with Gasteiger partial charge in [-0.3, -0.25) is 9.59 Å². The molecule has 0 radical (unpaired) electrons. The SMILES string of the molecule is O=C(CCCOc1cccc2ccccc12)N[C@H]1CCC[C@H]1C(=O)O. The Kier molecular flexibility index (Phi) is 5.53. The molecule has 0 aromatic heterocycles. The quantitative estimate of drug-likeness (QED) is 0.757. The number of hydrogen-bond donors (Lipinski definition) is 2. The minimum atomic E-state index is -0.818. The Hall–Kier alpha value is -2.56. The van der Waals surface area contributed by atoms with E-state index in [1.165, 1.54) is 0 Å². The van der Waals surface area contributed by atoms with E-state index in [0.717, 1.165) is 29.4 Å². The van der Waals surface area contributed by atoms with Gasteiger partial charge in [0.2, 0.25) is 5.91 Å². The Labute approximate surface area is 147 Å². The summed E-state index contributed by atoms with van der Waals surface area (Å²) in [5.41, 5.74) is 0. The van der Waals surface area contributed by atoms with Gasteiger partial charge in [-0.05, 0) is 30.7 Å². The predicted octanol–water partition coefficient (Wildman–Crippen LogP) is 3.37. The Morgan fingerprint density at radius 2 is 1.92 bits per heavy atom. The van der Waals surface area contributed by atoms with Crippen LogP contribution in [0.15, 0.2) is 42.5 Å². The first-order valence-corrected chi connectivity index (χ1v) is 8.78. The van der Waals surface area contributed by atoms with Crippen LogP contribution in [0.5, 0.6) is 5.75 Å². The van der Waals surface area contributed by atoms with Gasteiger partial charge < -0.3 is 15.2 Å². The molecule has 5 heteroatoms. The first kappa shape index (κ1) is 17.3. The first-order chi connectivity index (χ1) is 12.1. The van der Waals surface area contributed by atoms with Crippen LogP contribution in [0.3, 0.4) is 0 Å². The average molecular weight is 341 g/mol. The normalized spacial score (nSPS) is 19.7. The molecule has 0 spiro atoms. The highest BCUT2D eigenvalue weighted by atomic mass is 16.5. The maximum atomic E-state index is 12.0. The number of nitrogens with one attached hydrogen (secondary N) is 1. The Balaban J connectivity index is 1.45. The second kappa shape index (κ2) is 8.01. The van der Waals surface area contributed by atoms with Crippen molar-refractivity contribution in [3.05, 3.63) is 42.5 Å². The molecule has 3 rings (SSSR count). The van der Waals surface area contributed by atoms with Gasteiger partial charge >= 0.3 is 5.97 Å². The van der Waals surface area contributed by atoms with Gasteiger partial charge in [0, 0.05) is 17.8 Å². The number of ether oxygens (including phenoxy) is 1. The van der Waals surface area contributed by atoms with Crippen molar-refractivity contribution in [3.63, 3.8) is 0 Å². The van der Waals surface area contributed by atoms with E-state index in [4.69, 9.17) is 9.84 Å². The highest BCUT2D eigenvalue weighted by molar-refractivity contribution is 5.88. The number of hydrogen-bond acceptors (Lipinski definition) is 3. The lowest BCUT2D eigenvalue weighted by molar-refractivity contribution is -0.142. The molecule has 2 atom stereocenters. The van der Waals surface area contributed by atoms with Crippen LogP contribution in [0.25, 0.3) is 10.8 Å². The van der Waals surface area contributed by atoms with Crippen LogP contribution in [0, 0.1) is 5.92 Å². The van der Waals surface area contributed by atoms with Crippen molar-refractivity contribution >= 4 is 22.6 Å². The van der Waals surface area contributed by atoms with Gasteiger partial charge in [-0.15, -0.1) is 0 Å². The van der Waals surface area contributed by atoms with Crippen molar-refractivity contribution in [2.45, 2.75) is 38.1 Å². The molecule has 2 aromatic carbocycles. The minimum Gasteiger partial charge on any atom is -0.493 e. The number of amides is 1. The summed E-state index contributed by atoms with van der Waals surface area (Å²) in [4.78, 5) is 23.2. The fourth-order valence-corrected chi connectivity index (χ4v) is 3.44. The first-order valence-electron chi connectivity index (χ1n) is 8.78. The van der Waals surface area contributed by atoms with Gasteiger partial charge in [0.25, 0.3) is 0 Å². The van der Waals surface area contributed by atoms with Gasteiger partial charge in [0.15, 0.2) is 0 Å². The van der Waals surface area contributed by atoms with Crippen molar-refractivity contribution in [2.24, 2.45) is 5.92 Å². The lowest BCUT2D eigenvalue weighted by Crippen LogP contribution is -2.40. The van der Waals surface area contributed by atoms with E-state index in [0.29, 0.717) is 25.9 Å². The number of carbonyl (C=O) groups is 2. The fourth-order valence-electron chi connectivity index (χ4n) is 3.44. The highest BCUT2D eigenvalue weighted by Gasteiger charge is 2.33. The highest BCUT2D eigenvalue weighted by Crippen LogP contribution is 2.26. The van der Waals surface area contributed by atoms with Crippen LogP contribution in [-0.4, -0.2) is 29.6 Å². The Bertz CT molecular complexity index is 753. The molecule has 132 valence electrons. The van der Waals surface area contributed by atoms with Crippen LogP contribution in [0.4, 0.5) is 0 Å². The summed E-state index contributed by atoms with van der Waals surface area (Å²) in [6, 6.07) is 13.7. The second-order valence-electron chi connectivity index (χ2n) is 6.48. The van der Waals surface area contributed by atoms with E-state index < -0.39 is 11.9 Å². The molecular formula is C20H23NO4. The van der Waals surface area contributed by atoms with E-state index in [1.807, 2.05) is 42.5 Å². The molecule has 1 aliphatic rings. The van der Waals surface area contributed by atoms with Crippen LogP contribution in [0.2, 0.25) is 0 Å². The number of carboxylic acids is 1. The number of carboxylic acid groups (broad SMARTS) is 1. The number of aliphatic carboxylic acids is 1. The van der Waals surface area contributed by atoms with Crippen molar-refractivity contribution in [2.75, 3.05) is 6.61 Å². The van der Waals surface area contributed by atoms with E-state index in [1.54, 1.807) is 0 Å². The lowest BCUT2D eigenvalue weighted by atomic mass is 10.0. The van der Waals surface area contributed by atoms with Gasteiger partial charge in [0.05, 0.1) is 12.5 Å². The number of benzene rings is 2. The summed E-state index contributed by atoms with van der Waals surface area (Å²) >= 11 is 0. The summed E-state index contributed by atoms with van der Waals surface area (Å²) in [6.07, 6.45) is 3.18. The van der Waals surface area contributed by atoms with Gasteiger partial charge in [-0.1, -0.05) is 42.8 Å². The molecule has 0 heterocycles. The van der Waals surface area contributed by atoms with E-state index in [2.05, 4.69) is 5.32 Å². The Morgan fingerprint density at radius 3 is 2.76 bits per heavy atom. The van der Waals surface area contributed by atoms with Crippen LogP contribution in [0.1, 0.15) is 32.1 Å². The lowest BCUT2D eigenvalue weighted by Gasteiger charge is -2.17. The van der Waals surface area contributed by atoms with Crippen LogP contribution in [-0.2, 0) is 9.59 Å². The van der Waals surface area contributed by atoms with Crippen LogP contribution >= 0.6 is 0 Å². The third-order valence-corrected chi connectivity index (χ3v) is 4.73. The summed E-state index contributed by atoms with van der Waals surface area (Å²) in [6.45, 7) is 0.453. The van der Waals surface area contributed by atoms with Gasteiger partial charge in [0.1, 0.15) is 5.75 Å². The summed E-state index contributed by atoms with van der Waals surface area (Å²) in [5.74, 6) is -0.544. The molecular weight excluding hydrogens is 318 g/mol. The zero-order chi connectivity index (χ0) is 17.6. The molecule has 25 heavy (non-hydrogen) atoms. The third-order valence-electron chi connectivity index (χ3n) is 4.73. The zero-order valence-electron chi connectivity index (χ0n) is 14.1. The molecule has 1 aliphatic carbocycles. The predicted molar refractivity (Wildman–Crippen MR) is 95.6 cm³/mol. The van der Waals surface area contributed by atoms with Crippen molar-refractivity contribution in [1.82, 2.24) is 5.32 Å². The van der Waals surface area contributed by atoms with E-state index in [-0.39, 0.29) is 11.9 Å². The maximum absolute atomic E-state index is 12.0. The second-order valence-corrected chi connectivity index (χ2v) is 6.48. The summed E-state index contributed by atoms with van der Waals surface area (Å²) < 4.78 is 5.82. The summed E-state index contributed by atoms with van der Waals surface area (Å²) in [5, 5.41) is 14.2. The van der Waals surface area contributed by atoms with Gasteiger partial charge in [-0.2, -0.15) is 0 Å². The molecule has 0 saturated heterocycles.